The monoisotopic (exact) mass is 291 g/mol. The van der Waals surface area contributed by atoms with Gasteiger partial charge in [-0.2, -0.15) is 4.98 Å². The van der Waals surface area contributed by atoms with Crippen molar-refractivity contribution in [2.24, 2.45) is 11.8 Å². The van der Waals surface area contributed by atoms with Crippen LogP contribution in [0.1, 0.15) is 75.9 Å². The Balaban J connectivity index is 1.53. The average molecular weight is 291 g/mol. The number of likely N-dealkylation sites (N-methyl/N-ethyl adjacent to an activating group) is 1. The second kappa shape index (κ2) is 6.91. The smallest absolute Gasteiger partial charge is 0.228 e. The van der Waals surface area contributed by atoms with Crippen LogP contribution in [0.25, 0.3) is 0 Å². The van der Waals surface area contributed by atoms with Crippen molar-refractivity contribution in [2.75, 3.05) is 7.05 Å². The molecule has 1 N–H and O–H groups in total. The lowest BCUT2D eigenvalue weighted by Gasteiger charge is -2.26. The Kier molecular flexibility index (Phi) is 4.94. The predicted octanol–water partition coefficient (Wildman–Crippen LogP) is 3.68. The van der Waals surface area contributed by atoms with Crippen molar-refractivity contribution in [1.29, 1.82) is 0 Å². The molecule has 1 heterocycles. The molecule has 0 amide bonds. The van der Waals surface area contributed by atoms with E-state index in [1.165, 1.54) is 51.4 Å². The van der Waals surface area contributed by atoms with Crippen molar-refractivity contribution in [3.8, 4) is 0 Å². The van der Waals surface area contributed by atoms with E-state index in [2.05, 4.69) is 22.4 Å². The Morgan fingerprint density at radius 1 is 1.19 bits per heavy atom. The maximum absolute atomic E-state index is 5.50. The van der Waals surface area contributed by atoms with Crippen molar-refractivity contribution in [3.05, 3.63) is 11.7 Å². The van der Waals surface area contributed by atoms with E-state index >= 15 is 0 Å². The van der Waals surface area contributed by atoms with E-state index in [4.69, 9.17) is 4.52 Å². The number of nitrogens with one attached hydrogen (secondary N) is 1. The van der Waals surface area contributed by atoms with Crippen LogP contribution >= 0.6 is 0 Å². The van der Waals surface area contributed by atoms with Crippen molar-refractivity contribution >= 4 is 0 Å². The van der Waals surface area contributed by atoms with Crippen molar-refractivity contribution in [1.82, 2.24) is 15.5 Å². The van der Waals surface area contributed by atoms with Crippen LogP contribution in [0, 0.1) is 11.8 Å². The van der Waals surface area contributed by atoms with E-state index in [1.807, 2.05) is 7.05 Å². The van der Waals surface area contributed by atoms with E-state index in [-0.39, 0.29) is 0 Å². The molecule has 0 bridgehead atoms. The van der Waals surface area contributed by atoms with Gasteiger partial charge in [-0.15, -0.1) is 0 Å². The summed E-state index contributed by atoms with van der Waals surface area (Å²) in [6.45, 7) is 2.29. The van der Waals surface area contributed by atoms with Crippen LogP contribution in [0.2, 0.25) is 0 Å². The third-order valence-corrected chi connectivity index (χ3v) is 5.35. The fourth-order valence-corrected chi connectivity index (χ4v) is 3.83. The first-order valence-corrected chi connectivity index (χ1v) is 8.79. The minimum absolute atomic E-state index is 0.513. The van der Waals surface area contributed by atoms with E-state index in [1.54, 1.807) is 0 Å². The minimum atomic E-state index is 0.513. The first kappa shape index (κ1) is 15.0. The van der Waals surface area contributed by atoms with E-state index in [9.17, 15) is 0 Å². The van der Waals surface area contributed by atoms with Gasteiger partial charge in [0.15, 0.2) is 5.82 Å². The highest BCUT2D eigenvalue weighted by Gasteiger charge is 2.32. The zero-order chi connectivity index (χ0) is 14.7. The Morgan fingerprint density at radius 3 is 2.57 bits per heavy atom. The van der Waals surface area contributed by atoms with Gasteiger partial charge in [0.2, 0.25) is 5.89 Å². The molecule has 0 aromatic carbocycles. The Bertz CT molecular complexity index is 433. The molecule has 0 spiro atoms. The van der Waals surface area contributed by atoms with Gasteiger partial charge in [0.25, 0.3) is 0 Å². The molecule has 2 aliphatic carbocycles. The first-order chi connectivity index (χ1) is 10.3. The molecule has 1 aromatic rings. The molecule has 2 saturated carbocycles. The molecular weight excluding hydrogens is 262 g/mol. The van der Waals surface area contributed by atoms with Gasteiger partial charge >= 0.3 is 0 Å². The number of hydrogen-bond acceptors (Lipinski definition) is 4. The Hall–Kier alpha value is -0.900. The molecule has 4 heteroatoms. The first-order valence-electron chi connectivity index (χ1n) is 8.79. The second-order valence-corrected chi connectivity index (χ2v) is 6.99. The van der Waals surface area contributed by atoms with Crippen molar-refractivity contribution in [2.45, 2.75) is 76.7 Å². The molecular formula is C17H29N3O. The largest absolute Gasteiger partial charge is 0.339 e. The maximum atomic E-state index is 5.50. The van der Waals surface area contributed by atoms with Gasteiger partial charge in [-0.05, 0) is 57.4 Å². The van der Waals surface area contributed by atoms with Crippen molar-refractivity contribution in [3.63, 3.8) is 0 Å². The molecule has 2 fully saturated rings. The zero-order valence-electron chi connectivity index (χ0n) is 13.5. The molecule has 118 valence electrons. The Labute approximate surface area is 128 Å². The van der Waals surface area contributed by atoms with Gasteiger partial charge < -0.3 is 9.84 Å². The van der Waals surface area contributed by atoms with E-state index in [0.29, 0.717) is 12.0 Å². The highest BCUT2D eigenvalue weighted by molar-refractivity contribution is 5.00. The number of hydrogen-bond donors (Lipinski definition) is 1. The number of nitrogens with zero attached hydrogens (tertiary/aromatic N) is 2. The van der Waals surface area contributed by atoms with Crippen molar-refractivity contribution < 1.29 is 4.52 Å². The third-order valence-electron chi connectivity index (χ3n) is 5.35. The third kappa shape index (κ3) is 3.85. The fourth-order valence-electron chi connectivity index (χ4n) is 3.83. The molecule has 1 atom stereocenters. The van der Waals surface area contributed by atoms with Crippen LogP contribution in [0.4, 0.5) is 0 Å². The number of aromatic nitrogens is 2. The van der Waals surface area contributed by atoms with E-state index in [0.717, 1.165) is 30.0 Å². The van der Waals surface area contributed by atoms with E-state index < -0.39 is 0 Å². The molecule has 1 unspecified atom stereocenters. The summed E-state index contributed by atoms with van der Waals surface area (Å²) in [5, 5.41) is 7.66. The lowest BCUT2D eigenvalue weighted by molar-refractivity contribution is 0.294. The minimum Gasteiger partial charge on any atom is -0.339 e. The molecule has 0 aliphatic heterocycles. The van der Waals surface area contributed by atoms with Crippen LogP contribution in [0.3, 0.4) is 0 Å². The lowest BCUT2D eigenvalue weighted by atomic mass is 9.80. The topological polar surface area (TPSA) is 51.0 Å². The Morgan fingerprint density at radius 2 is 1.95 bits per heavy atom. The summed E-state index contributed by atoms with van der Waals surface area (Å²) in [6.07, 6.45) is 11.4. The summed E-state index contributed by atoms with van der Waals surface area (Å²) in [7, 11) is 2.04. The molecule has 21 heavy (non-hydrogen) atoms. The summed E-state index contributed by atoms with van der Waals surface area (Å²) in [4.78, 5) is 4.69. The SMILES string of the molecule is CCCC1CCC(c2noc(CC(NC)C3CC3)n2)CC1. The number of rotatable bonds is 7. The van der Waals surface area contributed by atoms with Gasteiger partial charge in [-0.1, -0.05) is 24.9 Å². The molecule has 2 aliphatic rings. The summed E-state index contributed by atoms with van der Waals surface area (Å²) in [5.41, 5.74) is 0. The highest BCUT2D eigenvalue weighted by atomic mass is 16.5. The van der Waals surface area contributed by atoms with Crippen LogP contribution in [0.5, 0.6) is 0 Å². The van der Waals surface area contributed by atoms with Gasteiger partial charge in [0, 0.05) is 18.4 Å². The summed E-state index contributed by atoms with van der Waals surface area (Å²) in [6, 6.07) is 0.513. The van der Waals surface area contributed by atoms with Gasteiger partial charge in [0.05, 0.1) is 0 Å². The zero-order valence-corrected chi connectivity index (χ0v) is 13.5. The van der Waals surface area contributed by atoms with Crippen LogP contribution in [0.15, 0.2) is 4.52 Å². The molecule has 1 aromatic heterocycles. The molecule has 0 radical (unpaired) electrons. The summed E-state index contributed by atoms with van der Waals surface area (Å²) >= 11 is 0. The van der Waals surface area contributed by atoms with Gasteiger partial charge in [-0.25, -0.2) is 0 Å². The van der Waals surface area contributed by atoms with Crippen LogP contribution in [-0.4, -0.2) is 23.2 Å². The average Bonchev–Trinajstić information content (AvgIpc) is 3.25. The normalized spacial score (nSPS) is 27.7. The predicted molar refractivity (Wildman–Crippen MR) is 83.2 cm³/mol. The van der Waals surface area contributed by atoms with Gasteiger partial charge in [0.1, 0.15) is 0 Å². The second-order valence-electron chi connectivity index (χ2n) is 6.99. The molecule has 0 saturated heterocycles. The van der Waals surface area contributed by atoms with Crippen LogP contribution < -0.4 is 5.32 Å². The maximum Gasteiger partial charge on any atom is 0.228 e. The van der Waals surface area contributed by atoms with Gasteiger partial charge in [-0.3, -0.25) is 0 Å². The lowest BCUT2D eigenvalue weighted by Crippen LogP contribution is -2.29. The van der Waals surface area contributed by atoms with Crippen LogP contribution in [-0.2, 0) is 6.42 Å². The highest BCUT2D eigenvalue weighted by Crippen LogP contribution is 2.37. The summed E-state index contributed by atoms with van der Waals surface area (Å²) < 4.78 is 5.50. The molecule has 3 rings (SSSR count). The molecule has 4 nitrogen and oxygen atoms in total. The standard InChI is InChI=1S/C17H29N3O/c1-3-4-12-5-7-14(8-6-12)17-19-16(21-20-17)11-15(18-2)13-9-10-13/h12-15,18H,3-11H2,1-2H3. The summed E-state index contributed by atoms with van der Waals surface area (Å²) in [5.74, 6) is 4.07. The fraction of sp³-hybridized carbons (Fsp3) is 0.882. The quantitative estimate of drug-likeness (QED) is 0.832.